The predicted molar refractivity (Wildman–Crippen MR) is 102 cm³/mol. The van der Waals surface area contributed by atoms with E-state index in [1.165, 1.54) is 7.11 Å². The molecule has 0 saturated carbocycles. The highest BCUT2D eigenvalue weighted by Gasteiger charge is 2.14. The van der Waals surface area contributed by atoms with Crippen LogP contribution in [0, 0.1) is 0 Å². The lowest BCUT2D eigenvalue weighted by Crippen LogP contribution is -2.11. The molecule has 144 valence electrons. The van der Waals surface area contributed by atoms with Crippen molar-refractivity contribution < 1.29 is 19.0 Å². The SMILES string of the molecule is COc1cc(C(=O)OCc2nc(N)nc(N)n2)ccc1OCc1ccccc1. The number of aromatic nitrogens is 3. The van der Waals surface area contributed by atoms with Gasteiger partial charge in [-0.25, -0.2) is 4.79 Å². The van der Waals surface area contributed by atoms with Crippen LogP contribution in [0.25, 0.3) is 0 Å². The molecule has 0 aliphatic rings. The minimum absolute atomic E-state index is 0.0415. The van der Waals surface area contributed by atoms with E-state index in [9.17, 15) is 4.79 Å². The van der Waals surface area contributed by atoms with Crippen LogP contribution in [0.3, 0.4) is 0 Å². The Morgan fingerprint density at radius 1 is 0.929 bits per heavy atom. The Morgan fingerprint density at radius 3 is 2.32 bits per heavy atom. The van der Waals surface area contributed by atoms with E-state index in [-0.39, 0.29) is 24.3 Å². The van der Waals surface area contributed by atoms with Crippen LogP contribution < -0.4 is 20.9 Å². The first-order chi connectivity index (χ1) is 13.5. The zero-order valence-corrected chi connectivity index (χ0v) is 15.2. The molecule has 3 rings (SSSR count). The molecule has 0 radical (unpaired) electrons. The number of nitrogens with two attached hydrogens (primary N) is 2. The van der Waals surface area contributed by atoms with Crippen LogP contribution in [0.2, 0.25) is 0 Å². The fourth-order valence-corrected chi connectivity index (χ4v) is 2.38. The number of nitrogen functional groups attached to an aromatic ring is 2. The molecule has 1 heterocycles. The van der Waals surface area contributed by atoms with Crippen molar-refractivity contribution in [1.82, 2.24) is 15.0 Å². The van der Waals surface area contributed by atoms with Crippen molar-refractivity contribution in [3.05, 3.63) is 65.5 Å². The molecule has 0 spiro atoms. The van der Waals surface area contributed by atoms with Gasteiger partial charge in [0.25, 0.3) is 0 Å². The van der Waals surface area contributed by atoms with Gasteiger partial charge in [-0.05, 0) is 23.8 Å². The third kappa shape index (κ3) is 4.85. The monoisotopic (exact) mass is 381 g/mol. The molecule has 0 saturated heterocycles. The molecule has 0 fully saturated rings. The average molecular weight is 381 g/mol. The largest absolute Gasteiger partial charge is 0.493 e. The Balaban J connectivity index is 1.65. The van der Waals surface area contributed by atoms with Gasteiger partial charge in [-0.2, -0.15) is 15.0 Å². The molecule has 1 aromatic heterocycles. The molecule has 4 N–H and O–H groups in total. The second-order valence-corrected chi connectivity index (χ2v) is 5.68. The van der Waals surface area contributed by atoms with E-state index in [0.29, 0.717) is 23.7 Å². The summed E-state index contributed by atoms with van der Waals surface area (Å²) in [6.45, 7) is 0.188. The number of rotatable bonds is 7. The number of nitrogens with zero attached hydrogens (tertiary/aromatic N) is 3. The molecule has 0 aliphatic carbocycles. The summed E-state index contributed by atoms with van der Waals surface area (Å²) in [5.74, 6) is 0.429. The van der Waals surface area contributed by atoms with E-state index in [1.807, 2.05) is 30.3 Å². The minimum Gasteiger partial charge on any atom is -0.493 e. The van der Waals surface area contributed by atoms with E-state index in [1.54, 1.807) is 18.2 Å². The van der Waals surface area contributed by atoms with Gasteiger partial charge in [0.15, 0.2) is 23.9 Å². The summed E-state index contributed by atoms with van der Waals surface area (Å²) in [5.41, 5.74) is 12.3. The number of hydrogen-bond acceptors (Lipinski definition) is 9. The molecule has 0 unspecified atom stereocenters. The molecule has 0 aliphatic heterocycles. The topological polar surface area (TPSA) is 135 Å². The van der Waals surface area contributed by atoms with Crippen molar-refractivity contribution in [2.75, 3.05) is 18.6 Å². The minimum atomic E-state index is -0.578. The van der Waals surface area contributed by atoms with Gasteiger partial charge in [-0.15, -0.1) is 0 Å². The molecular weight excluding hydrogens is 362 g/mol. The Kier molecular flexibility index (Phi) is 5.85. The Hall–Kier alpha value is -3.88. The molecule has 9 heteroatoms. The van der Waals surface area contributed by atoms with Crippen LogP contribution in [0.5, 0.6) is 11.5 Å². The van der Waals surface area contributed by atoms with Gasteiger partial charge in [0, 0.05) is 0 Å². The number of carbonyl (C=O) groups excluding carboxylic acids is 1. The zero-order chi connectivity index (χ0) is 19.9. The van der Waals surface area contributed by atoms with E-state index in [0.717, 1.165) is 5.56 Å². The quantitative estimate of drug-likeness (QED) is 0.589. The number of esters is 1. The van der Waals surface area contributed by atoms with Gasteiger partial charge in [-0.1, -0.05) is 30.3 Å². The lowest BCUT2D eigenvalue weighted by Gasteiger charge is -2.12. The van der Waals surface area contributed by atoms with Gasteiger partial charge in [0.1, 0.15) is 6.61 Å². The third-order valence-electron chi connectivity index (χ3n) is 3.69. The Morgan fingerprint density at radius 2 is 1.64 bits per heavy atom. The van der Waals surface area contributed by atoms with Crippen molar-refractivity contribution in [3.8, 4) is 11.5 Å². The molecule has 0 bridgehead atoms. The number of hydrogen-bond donors (Lipinski definition) is 2. The van der Waals surface area contributed by atoms with Gasteiger partial charge in [-0.3, -0.25) is 0 Å². The van der Waals surface area contributed by atoms with Crippen molar-refractivity contribution in [2.45, 2.75) is 13.2 Å². The summed E-state index contributed by atoms with van der Waals surface area (Å²) in [6, 6.07) is 14.5. The second-order valence-electron chi connectivity index (χ2n) is 5.68. The second kappa shape index (κ2) is 8.67. The summed E-state index contributed by atoms with van der Waals surface area (Å²) in [6.07, 6.45) is 0. The summed E-state index contributed by atoms with van der Waals surface area (Å²) in [4.78, 5) is 23.7. The standard InChI is InChI=1S/C19H19N5O4/c1-26-15-9-13(7-8-14(15)27-10-12-5-3-2-4-6-12)17(25)28-11-16-22-18(20)24-19(21)23-16/h2-9H,10-11H2,1H3,(H4,20,21,22,23,24). The number of benzene rings is 2. The predicted octanol–water partition coefficient (Wildman–Crippen LogP) is 1.98. The summed E-state index contributed by atoms with van der Waals surface area (Å²) in [7, 11) is 1.50. The normalized spacial score (nSPS) is 10.3. The molecular formula is C19H19N5O4. The molecule has 28 heavy (non-hydrogen) atoms. The molecule has 0 amide bonds. The van der Waals surface area contributed by atoms with Crippen LogP contribution in [-0.4, -0.2) is 28.0 Å². The first kappa shape index (κ1) is 18.9. The van der Waals surface area contributed by atoms with Crippen molar-refractivity contribution in [3.63, 3.8) is 0 Å². The van der Waals surface area contributed by atoms with Crippen molar-refractivity contribution in [1.29, 1.82) is 0 Å². The molecule has 2 aromatic carbocycles. The van der Waals surface area contributed by atoms with Crippen LogP contribution in [0.15, 0.2) is 48.5 Å². The maximum atomic E-state index is 12.3. The zero-order valence-electron chi connectivity index (χ0n) is 15.2. The fraction of sp³-hybridized carbons (Fsp3) is 0.158. The summed E-state index contributed by atoms with van der Waals surface area (Å²) >= 11 is 0. The van der Waals surface area contributed by atoms with Crippen molar-refractivity contribution in [2.24, 2.45) is 0 Å². The first-order valence-corrected chi connectivity index (χ1v) is 8.33. The molecule has 3 aromatic rings. The van der Waals surface area contributed by atoms with E-state index >= 15 is 0 Å². The van der Waals surface area contributed by atoms with Crippen LogP contribution >= 0.6 is 0 Å². The van der Waals surface area contributed by atoms with E-state index < -0.39 is 5.97 Å². The highest BCUT2D eigenvalue weighted by atomic mass is 16.5. The Bertz CT molecular complexity index is 946. The van der Waals surface area contributed by atoms with Gasteiger partial charge < -0.3 is 25.7 Å². The highest BCUT2D eigenvalue weighted by Crippen LogP contribution is 2.29. The highest BCUT2D eigenvalue weighted by molar-refractivity contribution is 5.90. The van der Waals surface area contributed by atoms with Crippen LogP contribution in [-0.2, 0) is 18.0 Å². The Labute approximate surface area is 161 Å². The summed E-state index contributed by atoms with van der Waals surface area (Å²) in [5, 5.41) is 0. The lowest BCUT2D eigenvalue weighted by molar-refractivity contribution is 0.0461. The number of methoxy groups -OCH3 is 1. The van der Waals surface area contributed by atoms with Crippen molar-refractivity contribution >= 4 is 17.9 Å². The average Bonchev–Trinajstić information content (AvgIpc) is 2.70. The number of ether oxygens (including phenoxy) is 3. The van der Waals surface area contributed by atoms with E-state index in [4.69, 9.17) is 25.7 Å². The molecule has 0 atom stereocenters. The molecule has 9 nitrogen and oxygen atoms in total. The van der Waals surface area contributed by atoms with E-state index in [2.05, 4.69) is 15.0 Å². The third-order valence-corrected chi connectivity index (χ3v) is 3.69. The first-order valence-electron chi connectivity index (χ1n) is 8.33. The maximum absolute atomic E-state index is 12.3. The van der Waals surface area contributed by atoms with Gasteiger partial charge in [0.05, 0.1) is 12.7 Å². The number of anilines is 2. The van der Waals surface area contributed by atoms with Gasteiger partial charge >= 0.3 is 5.97 Å². The fourth-order valence-electron chi connectivity index (χ4n) is 2.38. The maximum Gasteiger partial charge on any atom is 0.338 e. The van der Waals surface area contributed by atoms with Crippen LogP contribution in [0.1, 0.15) is 21.7 Å². The smallest absolute Gasteiger partial charge is 0.338 e. The van der Waals surface area contributed by atoms with Gasteiger partial charge in [0.2, 0.25) is 11.9 Å². The lowest BCUT2D eigenvalue weighted by atomic mass is 10.2. The number of carbonyl (C=O) groups is 1. The van der Waals surface area contributed by atoms with Crippen LogP contribution in [0.4, 0.5) is 11.9 Å². The summed E-state index contributed by atoms with van der Waals surface area (Å²) < 4.78 is 16.3.